The number of rotatable bonds is 6. The lowest BCUT2D eigenvalue weighted by atomic mass is 10.2. The van der Waals surface area contributed by atoms with E-state index in [4.69, 9.17) is 16.3 Å². The van der Waals surface area contributed by atoms with Crippen LogP contribution in [-0.2, 0) is 10.0 Å². The monoisotopic (exact) mass is 430 g/mol. The normalized spacial score (nSPS) is 11.0. The molecule has 0 atom stereocenters. The lowest BCUT2D eigenvalue weighted by Gasteiger charge is -2.10. The average Bonchev–Trinajstić information content (AvgIpc) is 2.71. The molecule has 0 aromatic heterocycles. The summed E-state index contributed by atoms with van der Waals surface area (Å²) >= 11 is 6.04. The molecule has 0 aliphatic heterocycles. The van der Waals surface area contributed by atoms with E-state index in [-0.39, 0.29) is 10.8 Å². The third-order valence-electron chi connectivity index (χ3n) is 4.20. The molecule has 0 bridgehead atoms. The van der Waals surface area contributed by atoms with Gasteiger partial charge in [0.25, 0.3) is 15.9 Å². The zero-order chi connectivity index (χ0) is 21.0. The summed E-state index contributed by atoms with van der Waals surface area (Å²) in [6.45, 7) is 1.83. The first-order chi connectivity index (χ1) is 13.8. The molecular weight excluding hydrogens is 412 g/mol. The molecule has 3 aromatic carbocycles. The highest BCUT2D eigenvalue weighted by molar-refractivity contribution is 7.92. The van der Waals surface area contributed by atoms with Gasteiger partial charge in [-0.15, -0.1) is 0 Å². The van der Waals surface area contributed by atoms with Crippen LogP contribution in [0.25, 0.3) is 0 Å². The van der Waals surface area contributed by atoms with Crippen LogP contribution in [0.4, 0.5) is 11.4 Å². The third-order valence-corrected chi connectivity index (χ3v) is 6.00. The number of aryl methyl sites for hydroxylation is 1. The van der Waals surface area contributed by atoms with Crippen molar-refractivity contribution in [3.05, 3.63) is 82.9 Å². The molecule has 0 heterocycles. The Morgan fingerprint density at radius 1 is 0.931 bits per heavy atom. The summed E-state index contributed by atoms with van der Waals surface area (Å²) in [5.74, 6) is 0.342. The topological polar surface area (TPSA) is 84.5 Å². The Balaban J connectivity index is 1.71. The largest absolute Gasteiger partial charge is 0.497 e. The molecule has 29 heavy (non-hydrogen) atoms. The first kappa shape index (κ1) is 20.7. The van der Waals surface area contributed by atoms with E-state index < -0.39 is 10.0 Å². The molecule has 150 valence electrons. The zero-order valence-corrected chi connectivity index (χ0v) is 17.3. The molecule has 0 aliphatic carbocycles. The van der Waals surface area contributed by atoms with E-state index in [1.165, 1.54) is 24.3 Å². The molecule has 2 N–H and O–H groups in total. The van der Waals surface area contributed by atoms with Crippen molar-refractivity contribution >= 4 is 38.9 Å². The summed E-state index contributed by atoms with van der Waals surface area (Å²) in [5, 5.41) is 3.20. The van der Waals surface area contributed by atoms with Crippen molar-refractivity contribution in [2.24, 2.45) is 0 Å². The average molecular weight is 431 g/mol. The van der Waals surface area contributed by atoms with E-state index in [0.29, 0.717) is 27.7 Å². The van der Waals surface area contributed by atoms with Gasteiger partial charge in [-0.2, -0.15) is 0 Å². The second-order valence-corrected chi connectivity index (χ2v) is 8.37. The maximum atomic E-state index is 12.6. The van der Waals surface area contributed by atoms with Crippen LogP contribution in [0.1, 0.15) is 15.9 Å². The van der Waals surface area contributed by atoms with Crippen LogP contribution in [0.2, 0.25) is 5.02 Å². The van der Waals surface area contributed by atoms with Crippen LogP contribution in [0.5, 0.6) is 5.75 Å². The summed E-state index contributed by atoms with van der Waals surface area (Å²) in [4.78, 5) is 12.4. The number of anilines is 2. The summed E-state index contributed by atoms with van der Waals surface area (Å²) in [6, 6.07) is 17.5. The van der Waals surface area contributed by atoms with Gasteiger partial charge in [-0.1, -0.05) is 17.7 Å². The van der Waals surface area contributed by atoms with E-state index >= 15 is 0 Å². The summed E-state index contributed by atoms with van der Waals surface area (Å²) in [6.07, 6.45) is 0. The van der Waals surface area contributed by atoms with Gasteiger partial charge in [0.2, 0.25) is 0 Å². The number of methoxy groups -OCH3 is 1. The third kappa shape index (κ3) is 5.07. The minimum absolute atomic E-state index is 0.0663. The van der Waals surface area contributed by atoms with Gasteiger partial charge in [0.05, 0.1) is 17.7 Å². The highest BCUT2D eigenvalue weighted by Crippen LogP contribution is 2.23. The molecule has 3 aromatic rings. The minimum Gasteiger partial charge on any atom is -0.497 e. The first-order valence-corrected chi connectivity index (χ1v) is 10.5. The number of nitrogens with one attached hydrogen (secondary N) is 2. The van der Waals surface area contributed by atoms with Crippen molar-refractivity contribution < 1.29 is 17.9 Å². The number of ether oxygens (including phenoxy) is 1. The number of hydrogen-bond donors (Lipinski definition) is 2. The Hall–Kier alpha value is -3.03. The standard InChI is InChI=1S/C21H19ClN2O4S/c1-14-3-6-17(13-20(14)22)24-29(26,27)19-11-7-16(8-12-19)23-21(25)15-4-9-18(28-2)10-5-15/h3-13,24H,1-2H3,(H,23,25). The minimum atomic E-state index is -3.78. The lowest BCUT2D eigenvalue weighted by Crippen LogP contribution is -2.14. The van der Waals surface area contributed by atoms with E-state index in [0.717, 1.165) is 5.56 Å². The molecule has 8 heteroatoms. The van der Waals surface area contributed by atoms with Crippen LogP contribution < -0.4 is 14.8 Å². The maximum absolute atomic E-state index is 12.6. The van der Waals surface area contributed by atoms with Crippen LogP contribution in [0, 0.1) is 6.92 Å². The number of amides is 1. The van der Waals surface area contributed by atoms with Crippen LogP contribution >= 0.6 is 11.6 Å². The maximum Gasteiger partial charge on any atom is 0.261 e. The Bertz CT molecular complexity index is 1130. The fourth-order valence-electron chi connectivity index (χ4n) is 2.53. The number of benzene rings is 3. The molecule has 1 amide bonds. The van der Waals surface area contributed by atoms with Crippen molar-refractivity contribution in [3.8, 4) is 5.75 Å². The van der Waals surface area contributed by atoms with Crippen molar-refractivity contribution in [2.45, 2.75) is 11.8 Å². The van der Waals surface area contributed by atoms with E-state index in [9.17, 15) is 13.2 Å². The quantitative estimate of drug-likeness (QED) is 0.593. The van der Waals surface area contributed by atoms with Gasteiger partial charge in [0.15, 0.2) is 0 Å². The summed E-state index contributed by atoms with van der Waals surface area (Å²) < 4.78 is 32.7. The Labute approximate surface area is 174 Å². The van der Waals surface area contributed by atoms with E-state index in [1.807, 2.05) is 6.92 Å². The van der Waals surface area contributed by atoms with Gasteiger partial charge < -0.3 is 10.1 Å². The van der Waals surface area contributed by atoms with Crippen molar-refractivity contribution in [1.29, 1.82) is 0 Å². The van der Waals surface area contributed by atoms with Crippen molar-refractivity contribution in [3.63, 3.8) is 0 Å². The van der Waals surface area contributed by atoms with E-state index in [2.05, 4.69) is 10.0 Å². The van der Waals surface area contributed by atoms with E-state index in [1.54, 1.807) is 49.6 Å². The Morgan fingerprint density at radius 3 is 2.14 bits per heavy atom. The SMILES string of the molecule is COc1ccc(C(=O)Nc2ccc(S(=O)(=O)Nc3ccc(C)c(Cl)c3)cc2)cc1. The molecule has 0 saturated carbocycles. The van der Waals surface area contributed by atoms with Crippen LogP contribution in [0.3, 0.4) is 0 Å². The first-order valence-electron chi connectivity index (χ1n) is 8.63. The Kier molecular flexibility index (Phi) is 6.10. The predicted octanol–water partition coefficient (Wildman–Crippen LogP) is 4.71. The molecule has 0 radical (unpaired) electrons. The van der Waals surface area contributed by atoms with Crippen molar-refractivity contribution in [1.82, 2.24) is 0 Å². The Morgan fingerprint density at radius 2 is 1.55 bits per heavy atom. The number of sulfonamides is 1. The molecular formula is C21H19ClN2O4S. The van der Waals surface area contributed by atoms with Gasteiger partial charge in [-0.25, -0.2) is 8.42 Å². The molecule has 0 unspecified atom stereocenters. The lowest BCUT2D eigenvalue weighted by molar-refractivity contribution is 0.102. The van der Waals surface area contributed by atoms with Gasteiger partial charge in [0, 0.05) is 16.3 Å². The molecule has 6 nitrogen and oxygen atoms in total. The fourth-order valence-corrected chi connectivity index (χ4v) is 3.76. The second kappa shape index (κ2) is 8.55. The van der Waals surface area contributed by atoms with Gasteiger partial charge in [-0.05, 0) is 73.2 Å². The fraction of sp³-hybridized carbons (Fsp3) is 0.0952. The molecule has 0 aliphatic rings. The molecule has 3 rings (SSSR count). The second-order valence-electron chi connectivity index (χ2n) is 6.28. The zero-order valence-electron chi connectivity index (χ0n) is 15.8. The van der Waals surface area contributed by atoms with Gasteiger partial charge >= 0.3 is 0 Å². The number of hydrogen-bond acceptors (Lipinski definition) is 4. The highest BCUT2D eigenvalue weighted by atomic mass is 35.5. The predicted molar refractivity (Wildman–Crippen MR) is 114 cm³/mol. The van der Waals surface area contributed by atoms with Gasteiger partial charge in [-0.3, -0.25) is 9.52 Å². The number of carbonyl (C=O) groups excluding carboxylic acids is 1. The van der Waals surface area contributed by atoms with Crippen molar-refractivity contribution in [2.75, 3.05) is 17.1 Å². The number of carbonyl (C=O) groups is 1. The number of halogens is 1. The molecule has 0 fully saturated rings. The summed E-state index contributed by atoms with van der Waals surface area (Å²) in [7, 11) is -2.23. The van der Waals surface area contributed by atoms with Gasteiger partial charge in [0.1, 0.15) is 5.75 Å². The molecule has 0 saturated heterocycles. The molecule has 0 spiro atoms. The summed E-state index contributed by atoms with van der Waals surface area (Å²) in [5.41, 5.74) is 2.16. The smallest absolute Gasteiger partial charge is 0.261 e. The van der Waals surface area contributed by atoms with Crippen LogP contribution in [-0.4, -0.2) is 21.4 Å². The highest BCUT2D eigenvalue weighted by Gasteiger charge is 2.15. The van der Waals surface area contributed by atoms with Crippen LogP contribution in [0.15, 0.2) is 71.6 Å².